The van der Waals surface area contributed by atoms with Crippen molar-refractivity contribution < 1.29 is 32.3 Å². The third kappa shape index (κ3) is 10.6. The summed E-state index contributed by atoms with van der Waals surface area (Å²) < 4.78 is 33.4. The van der Waals surface area contributed by atoms with Gasteiger partial charge in [0.05, 0.1) is 20.8 Å². The number of unbranched alkanes of at least 4 members (excludes halogenated alkanes) is 4. The highest BCUT2D eigenvalue weighted by molar-refractivity contribution is 6.60. The summed E-state index contributed by atoms with van der Waals surface area (Å²) in [5, 5.41) is 0. The van der Waals surface area contributed by atoms with Crippen LogP contribution in [0.15, 0.2) is 24.3 Å². The molecule has 32 heavy (non-hydrogen) atoms. The maximum absolute atomic E-state index is 11.9. The smallest absolute Gasteiger partial charge is 0.493 e. The first-order valence-electron chi connectivity index (χ1n) is 11.5. The molecule has 1 aromatic carbocycles. The van der Waals surface area contributed by atoms with Crippen LogP contribution in [0.25, 0.3) is 6.08 Å². The molecule has 0 amide bonds. The Morgan fingerprint density at radius 2 is 1.44 bits per heavy atom. The lowest BCUT2D eigenvalue weighted by Gasteiger charge is -2.28. The van der Waals surface area contributed by atoms with Crippen LogP contribution in [0.4, 0.5) is 0 Å². The maximum Gasteiger partial charge on any atom is 0.500 e. The van der Waals surface area contributed by atoms with E-state index in [-0.39, 0.29) is 5.97 Å². The van der Waals surface area contributed by atoms with Crippen molar-refractivity contribution in [2.24, 2.45) is 0 Å². The van der Waals surface area contributed by atoms with Crippen LogP contribution in [0.1, 0.15) is 58.4 Å². The highest BCUT2D eigenvalue weighted by atomic mass is 28.4. The fourth-order valence-corrected chi connectivity index (χ4v) is 6.00. The Bertz CT molecular complexity index is 661. The summed E-state index contributed by atoms with van der Waals surface area (Å²) in [5.41, 5.74) is 0.838. The van der Waals surface area contributed by atoms with Crippen molar-refractivity contribution in [2.45, 2.75) is 58.9 Å². The first-order chi connectivity index (χ1) is 15.5. The number of carbonyl (C=O) groups excluding carboxylic acids is 1. The molecule has 0 fully saturated rings. The SMILES string of the molecule is CCO[Si](CCCCCCCOC(=O)/C=C/c1ccc(OC)c(OC)c1)(OCC)OCC. The van der Waals surface area contributed by atoms with Crippen LogP contribution < -0.4 is 9.47 Å². The zero-order valence-electron chi connectivity index (χ0n) is 20.3. The molecule has 0 spiro atoms. The summed E-state index contributed by atoms with van der Waals surface area (Å²) in [6.07, 6.45) is 8.17. The van der Waals surface area contributed by atoms with Gasteiger partial charge >= 0.3 is 14.8 Å². The number of esters is 1. The fraction of sp³-hybridized carbons (Fsp3) is 0.625. The Kier molecular flexibility index (Phi) is 14.7. The van der Waals surface area contributed by atoms with Gasteiger partial charge in [-0.1, -0.05) is 25.3 Å². The third-order valence-electron chi connectivity index (χ3n) is 4.78. The lowest BCUT2D eigenvalue weighted by molar-refractivity contribution is -0.137. The van der Waals surface area contributed by atoms with Gasteiger partial charge in [-0.3, -0.25) is 0 Å². The molecular formula is C24H40O7Si. The van der Waals surface area contributed by atoms with Crippen LogP contribution in [0.5, 0.6) is 11.5 Å². The molecule has 182 valence electrons. The van der Waals surface area contributed by atoms with Gasteiger partial charge in [0.1, 0.15) is 0 Å². The number of ether oxygens (including phenoxy) is 3. The minimum atomic E-state index is -2.53. The van der Waals surface area contributed by atoms with E-state index in [0.29, 0.717) is 37.9 Å². The van der Waals surface area contributed by atoms with E-state index in [2.05, 4.69) is 0 Å². The van der Waals surface area contributed by atoms with Crippen molar-refractivity contribution in [3.8, 4) is 11.5 Å². The van der Waals surface area contributed by atoms with Gasteiger partial charge < -0.3 is 27.5 Å². The number of carbonyl (C=O) groups is 1. The van der Waals surface area contributed by atoms with Crippen LogP contribution in [-0.4, -0.2) is 55.4 Å². The van der Waals surface area contributed by atoms with Gasteiger partial charge in [-0.05, 0) is 57.4 Å². The molecule has 0 aliphatic rings. The molecule has 0 bridgehead atoms. The fourth-order valence-electron chi connectivity index (χ4n) is 3.32. The molecule has 0 saturated carbocycles. The Balaban J connectivity index is 2.25. The second kappa shape index (κ2) is 16.7. The molecule has 8 heteroatoms. The van der Waals surface area contributed by atoms with Crippen molar-refractivity contribution in [3.63, 3.8) is 0 Å². The van der Waals surface area contributed by atoms with E-state index >= 15 is 0 Å². The second-order valence-electron chi connectivity index (χ2n) is 7.12. The molecule has 1 aromatic rings. The third-order valence-corrected chi connectivity index (χ3v) is 7.94. The van der Waals surface area contributed by atoms with Gasteiger partial charge in [0.15, 0.2) is 11.5 Å². The number of rotatable bonds is 18. The van der Waals surface area contributed by atoms with Gasteiger partial charge in [-0.15, -0.1) is 0 Å². The largest absolute Gasteiger partial charge is 0.500 e. The number of methoxy groups -OCH3 is 2. The monoisotopic (exact) mass is 468 g/mol. The molecule has 0 aromatic heterocycles. The summed E-state index contributed by atoms with van der Waals surface area (Å²) >= 11 is 0. The van der Waals surface area contributed by atoms with E-state index in [9.17, 15) is 4.79 Å². The zero-order valence-corrected chi connectivity index (χ0v) is 21.3. The first-order valence-corrected chi connectivity index (χ1v) is 13.5. The second-order valence-corrected chi connectivity index (χ2v) is 9.85. The predicted molar refractivity (Wildman–Crippen MR) is 128 cm³/mol. The normalized spacial score (nSPS) is 11.7. The maximum atomic E-state index is 11.9. The zero-order chi connectivity index (χ0) is 23.7. The minimum absolute atomic E-state index is 0.347. The average Bonchev–Trinajstić information content (AvgIpc) is 2.79. The van der Waals surface area contributed by atoms with E-state index in [1.54, 1.807) is 26.4 Å². The molecule has 0 atom stereocenters. The topological polar surface area (TPSA) is 72.5 Å². The lowest BCUT2D eigenvalue weighted by Crippen LogP contribution is -2.45. The van der Waals surface area contributed by atoms with Crippen LogP contribution in [0.3, 0.4) is 0 Å². The predicted octanol–water partition coefficient (Wildman–Crippen LogP) is 5.26. The lowest BCUT2D eigenvalue weighted by atomic mass is 10.2. The highest BCUT2D eigenvalue weighted by Gasteiger charge is 2.39. The molecule has 0 aliphatic heterocycles. The van der Waals surface area contributed by atoms with Gasteiger partial charge in [0.25, 0.3) is 0 Å². The number of hydrogen-bond donors (Lipinski definition) is 0. The van der Waals surface area contributed by atoms with Gasteiger partial charge in [0.2, 0.25) is 0 Å². The van der Waals surface area contributed by atoms with Crippen molar-refractivity contribution in [2.75, 3.05) is 40.6 Å². The van der Waals surface area contributed by atoms with E-state index in [4.69, 9.17) is 27.5 Å². The molecule has 0 N–H and O–H groups in total. The highest BCUT2D eigenvalue weighted by Crippen LogP contribution is 2.28. The van der Waals surface area contributed by atoms with Crippen LogP contribution in [0.2, 0.25) is 6.04 Å². The Labute approximate surface area is 194 Å². The van der Waals surface area contributed by atoms with Gasteiger partial charge in [0, 0.05) is 31.9 Å². The van der Waals surface area contributed by atoms with Gasteiger partial charge in [-0.2, -0.15) is 0 Å². The number of hydrogen-bond acceptors (Lipinski definition) is 7. The molecular weight excluding hydrogens is 428 g/mol. The van der Waals surface area contributed by atoms with E-state index in [0.717, 1.165) is 43.7 Å². The molecule has 0 saturated heterocycles. The van der Waals surface area contributed by atoms with Crippen molar-refractivity contribution in [1.82, 2.24) is 0 Å². The van der Waals surface area contributed by atoms with Crippen molar-refractivity contribution >= 4 is 20.8 Å². The summed E-state index contributed by atoms with van der Waals surface area (Å²) in [5.74, 6) is 0.918. The molecule has 7 nitrogen and oxygen atoms in total. The summed E-state index contributed by atoms with van der Waals surface area (Å²) in [6, 6.07) is 6.31. The van der Waals surface area contributed by atoms with E-state index in [1.165, 1.54) is 6.08 Å². The van der Waals surface area contributed by atoms with Crippen LogP contribution in [0, 0.1) is 0 Å². The molecule has 1 rings (SSSR count). The van der Waals surface area contributed by atoms with Gasteiger partial charge in [-0.25, -0.2) is 4.79 Å². The summed E-state index contributed by atoms with van der Waals surface area (Å²) in [6.45, 7) is 8.18. The summed E-state index contributed by atoms with van der Waals surface area (Å²) in [4.78, 5) is 11.9. The molecule has 0 heterocycles. The van der Waals surface area contributed by atoms with Crippen molar-refractivity contribution in [3.05, 3.63) is 29.8 Å². The summed E-state index contributed by atoms with van der Waals surface area (Å²) in [7, 11) is 0.637. The Morgan fingerprint density at radius 3 is 2.03 bits per heavy atom. The van der Waals surface area contributed by atoms with Crippen LogP contribution >= 0.6 is 0 Å². The molecule has 0 radical (unpaired) electrons. The van der Waals surface area contributed by atoms with Crippen molar-refractivity contribution in [1.29, 1.82) is 0 Å². The Hall–Kier alpha value is -1.87. The minimum Gasteiger partial charge on any atom is -0.493 e. The van der Waals surface area contributed by atoms with E-state index in [1.807, 2.05) is 32.9 Å². The molecule has 0 unspecified atom stereocenters. The molecule has 0 aliphatic carbocycles. The first kappa shape index (κ1) is 28.2. The number of benzene rings is 1. The quantitative estimate of drug-likeness (QED) is 0.126. The van der Waals surface area contributed by atoms with E-state index < -0.39 is 8.80 Å². The Morgan fingerprint density at radius 1 is 0.844 bits per heavy atom. The van der Waals surface area contributed by atoms with Crippen LogP contribution in [-0.2, 0) is 22.8 Å². The standard InChI is InChI=1S/C24H40O7Si/c1-6-29-32(30-7-2,31-8-3)19-13-11-9-10-12-18-28-24(25)17-15-21-14-16-22(26-4)23(20-21)27-5/h14-17,20H,6-13,18-19H2,1-5H3/b17-15+. The average molecular weight is 469 g/mol.